The molecule has 0 bridgehead atoms. The van der Waals surface area contributed by atoms with Crippen LogP contribution in [0, 0.1) is 0 Å². The third-order valence-electron chi connectivity index (χ3n) is 1.92. The van der Waals surface area contributed by atoms with Crippen molar-refractivity contribution in [2.45, 2.75) is 12.3 Å². The van der Waals surface area contributed by atoms with Crippen LogP contribution in [0.25, 0.3) is 11.0 Å². The molecular weight excluding hydrogens is 172 g/mol. The number of alkyl halides is 1. The van der Waals surface area contributed by atoms with Crippen LogP contribution < -0.4 is 0 Å². The van der Waals surface area contributed by atoms with Gasteiger partial charge in [0.15, 0.2) is 0 Å². The monoisotopic (exact) mass is 180 g/mol. The first-order valence-electron chi connectivity index (χ1n) is 3.85. The third-order valence-corrected chi connectivity index (χ3v) is 2.16. The molecule has 1 unspecified atom stereocenters. The average molecular weight is 181 g/mol. The van der Waals surface area contributed by atoms with E-state index in [0.717, 1.165) is 16.6 Å². The molecule has 0 aromatic carbocycles. The Morgan fingerprint density at radius 2 is 2.33 bits per heavy atom. The van der Waals surface area contributed by atoms with Gasteiger partial charge < -0.3 is 4.98 Å². The van der Waals surface area contributed by atoms with Crippen LogP contribution in [0.5, 0.6) is 0 Å². The first kappa shape index (κ1) is 7.62. The average Bonchev–Trinajstić information content (AvgIpc) is 2.49. The molecule has 3 heteroatoms. The van der Waals surface area contributed by atoms with Gasteiger partial charge in [-0.2, -0.15) is 0 Å². The maximum Gasteiger partial charge on any atom is 0.137 e. The fourth-order valence-electron chi connectivity index (χ4n) is 1.33. The summed E-state index contributed by atoms with van der Waals surface area (Å²) in [5.41, 5.74) is 2.03. The van der Waals surface area contributed by atoms with Crippen molar-refractivity contribution < 1.29 is 0 Å². The Balaban J connectivity index is 2.73. The van der Waals surface area contributed by atoms with Gasteiger partial charge >= 0.3 is 0 Å². The van der Waals surface area contributed by atoms with E-state index < -0.39 is 0 Å². The summed E-state index contributed by atoms with van der Waals surface area (Å²) < 4.78 is 0. The van der Waals surface area contributed by atoms with Gasteiger partial charge in [0.05, 0.1) is 5.38 Å². The van der Waals surface area contributed by atoms with Crippen molar-refractivity contribution in [3.05, 3.63) is 30.1 Å². The summed E-state index contributed by atoms with van der Waals surface area (Å²) in [6, 6.07) is 3.95. The second-order valence-corrected chi connectivity index (χ2v) is 3.41. The summed E-state index contributed by atoms with van der Waals surface area (Å²) >= 11 is 6.00. The lowest BCUT2D eigenvalue weighted by molar-refractivity contribution is 1.09. The summed E-state index contributed by atoms with van der Waals surface area (Å²) in [6.07, 6.45) is 3.65. The molecule has 0 spiro atoms. The molecule has 0 aliphatic rings. The largest absolute Gasteiger partial charge is 0.346 e. The van der Waals surface area contributed by atoms with E-state index in [2.05, 4.69) is 9.97 Å². The molecule has 2 aromatic rings. The Hall–Kier alpha value is -1.02. The summed E-state index contributed by atoms with van der Waals surface area (Å²) in [5.74, 6) is 0. The number of aromatic nitrogens is 2. The molecule has 0 saturated heterocycles. The number of hydrogen-bond donors (Lipinski definition) is 1. The smallest absolute Gasteiger partial charge is 0.137 e. The summed E-state index contributed by atoms with van der Waals surface area (Å²) in [4.78, 5) is 7.22. The Kier molecular flexibility index (Phi) is 1.77. The van der Waals surface area contributed by atoms with Crippen LogP contribution in [0.2, 0.25) is 0 Å². The van der Waals surface area contributed by atoms with Crippen LogP contribution in [-0.2, 0) is 0 Å². The van der Waals surface area contributed by atoms with Crippen LogP contribution in [-0.4, -0.2) is 9.97 Å². The van der Waals surface area contributed by atoms with Crippen molar-refractivity contribution in [2.24, 2.45) is 0 Å². The highest BCUT2D eigenvalue weighted by molar-refractivity contribution is 6.21. The number of nitrogens with one attached hydrogen (secondary N) is 1. The third kappa shape index (κ3) is 1.08. The fraction of sp³-hybridized carbons (Fsp3) is 0.222. The lowest BCUT2D eigenvalue weighted by Gasteiger charge is -2.03. The van der Waals surface area contributed by atoms with Crippen LogP contribution in [0.1, 0.15) is 17.9 Å². The van der Waals surface area contributed by atoms with Crippen molar-refractivity contribution in [2.75, 3.05) is 0 Å². The number of pyridine rings is 1. The van der Waals surface area contributed by atoms with Gasteiger partial charge in [-0.1, -0.05) is 0 Å². The van der Waals surface area contributed by atoms with E-state index in [0.29, 0.717) is 0 Å². The predicted molar refractivity (Wildman–Crippen MR) is 50.4 cm³/mol. The summed E-state index contributed by atoms with van der Waals surface area (Å²) in [5, 5.41) is 1.14. The van der Waals surface area contributed by atoms with Gasteiger partial charge in [0.25, 0.3) is 0 Å². The Morgan fingerprint density at radius 3 is 3.08 bits per heavy atom. The van der Waals surface area contributed by atoms with Crippen LogP contribution in [0.4, 0.5) is 0 Å². The van der Waals surface area contributed by atoms with Crippen LogP contribution in [0.3, 0.4) is 0 Å². The van der Waals surface area contributed by atoms with Gasteiger partial charge in [0, 0.05) is 17.8 Å². The van der Waals surface area contributed by atoms with Gasteiger partial charge in [0.1, 0.15) is 5.65 Å². The molecule has 0 fully saturated rings. The van der Waals surface area contributed by atoms with E-state index in [1.807, 2.05) is 25.3 Å². The number of rotatable bonds is 1. The lowest BCUT2D eigenvalue weighted by atomic mass is 10.1. The van der Waals surface area contributed by atoms with E-state index in [4.69, 9.17) is 11.6 Å². The van der Waals surface area contributed by atoms with Gasteiger partial charge in [-0.25, -0.2) is 4.98 Å². The van der Waals surface area contributed by atoms with E-state index >= 15 is 0 Å². The zero-order valence-corrected chi connectivity index (χ0v) is 7.47. The summed E-state index contributed by atoms with van der Waals surface area (Å²) in [7, 11) is 0. The summed E-state index contributed by atoms with van der Waals surface area (Å²) in [6.45, 7) is 1.96. The normalized spacial score (nSPS) is 13.5. The second kappa shape index (κ2) is 2.79. The maximum atomic E-state index is 6.00. The molecule has 0 aliphatic heterocycles. The molecule has 12 heavy (non-hydrogen) atoms. The number of hydrogen-bond acceptors (Lipinski definition) is 1. The number of halogens is 1. The Bertz CT molecular complexity index is 392. The predicted octanol–water partition coefficient (Wildman–Crippen LogP) is 2.86. The van der Waals surface area contributed by atoms with E-state index in [1.54, 1.807) is 6.20 Å². The molecule has 1 N–H and O–H groups in total. The van der Waals surface area contributed by atoms with Gasteiger partial charge in [-0.15, -0.1) is 11.6 Å². The Morgan fingerprint density at radius 1 is 1.50 bits per heavy atom. The molecule has 2 nitrogen and oxygen atoms in total. The van der Waals surface area contributed by atoms with Crippen LogP contribution >= 0.6 is 11.6 Å². The second-order valence-electron chi connectivity index (χ2n) is 2.76. The number of aromatic amines is 1. The van der Waals surface area contributed by atoms with Gasteiger partial charge in [-0.3, -0.25) is 0 Å². The van der Waals surface area contributed by atoms with E-state index in [-0.39, 0.29) is 5.38 Å². The van der Waals surface area contributed by atoms with Crippen molar-refractivity contribution in [1.29, 1.82) is 0 Å². The molecule has 62 valence electrons. The molecule has 1 atom stereocenters. The zero-order valence-electron chi connectivity index (χ0n) is 6.71. The molecule has 2 aromatic heterocycles. The quantitative estimate of drug-likeness (QED) is 0.672. The standard InChI is InChI=1S/C9H9ClN2/c1-6(10)7-2-4-11-9-8(7)3-5-12-9/h2-6H,1H3,(H,11,12). The van der Waals surface area contributed by atoms with E-state index in [9.17, 15) is 0 Å². The van der Waals surface area contributed by atoms with Crippen molar-refractivity contribution >= 4 is 22.6 Å². The minimum absolute atomic E-state index is 0.0336. The minimum atomic E-state index is 0.0336. The minimum Gasteiger partial charge on any atom is -0.346 e. The first-order chi connectivity index (χ1) is 5.79. The number of fused-ring (bicyclic) bond motifs is 1. The highest BCUT2D eigenvalue weighted by atomic mass is 35.5. The number of H-pyrrole nitrogens is 1. The molecule has 0 aliphatic carbocycles. The molecule has 0 radical (unpaired) electrons. The van der Waals surface area contributed by atoms with Crippen LogP contribution in [0.15, 0.2) is 24.5 Å². The highest BCUT2D eigenvalue weighted by Crippen LogP contribution is 2.25. The van der Waals surface area contributed by atoms with Gasteiger partial charge in [-0.05, 0) is 24.6 Å². The van der Waals surface area contributed by atoms with Crippen molar-refractivity contribution in [3.63, 3.8) is 0 Å². The first-order valence-corrected chi connectivity index (χ1v) is 4.29. The molecule has 2 heterocycles. The molecular formula is C9H9ClN2. The number of nitrogens with zero attached hydrogens (tertiary/aromatic N) is 1. The zero-order chi connectivity index (χ0) is 8.55. The van der Waals surface area contributed by atoms with E-state index in [1.165, 1.54) is 0 Å². The Labute approximate surface area is 75.6 Å². The molecule has 0 amide bonds. The maximum absolute atomic E-state index is 6.00. The fourth-order valence-corrected chi connectivity index (χ4v) is 1.52. The molecule has 2 rings (SSSR count). The van der Waals surface area contributed by atoms with Crippen molar-refractivity contribution in [3.8, 4) is 0 Å². The van der Waals surface area contributed by atoms with Crippen molar-refractivity contribution in [1.82, 2.24) is 9.97 Å². The molecule has 0 saturated carbocycles. The topological polar surface area (TPSA) is 28.7 Å². The lowest BCUT2D eigenvalue weighted by Crippen LogP contribution is -1.86. The SMILES string of the molecule is CC(Cl)c1ccnc2[nH]ccc12. The highest BCUT2D eigenvalue weighted by Gasteiger charge is 2.06. The van der Waals surface area contributed by atoms with Gasteiger partial charge in [0.2, 0.25) is 0 Å².